The number of nitrogens with zero attached hydrogens (tertiary/aromatic N) is 1. The van der Waals surface area contributed by atoms with E-state index in [1.54, 1.807) is 11.0 Å². The third-order valence-corrected chi connectivity index (χ3v) is 2.63. The van der Waals surface area contributed by atoms with E-state index < -0.39 is 11.7 Å². The van der Waals surface area contributed by atoms with Crippen LogP contribution in [0, 0.1) is 0 Å². The van der Waals surface area contributed by atoms with Gasteiger partial charge < -0.3 is 4.90 Å². The SMILES string of the molecule is CCN(c1ccccc1C(F)(F)F)C(C)(C)C. The largest absolute Gasteiger partial charge is 0.418 e. The minimum atomic E-state index is -4.31. The van der Waals surface area contributed by atoms with Crippen LogP contribution in [0.3, 0.4) is 0 Å². The Morgan fingerprint density at radius 2 is 1.59 bits per heavy atom. The molecule has 0 atom stereocenters. The summed E-state index contributed by atoms with van der Waals surface area (Å²) in [7, 11) is 0. The van der Waals surface area contributed by atoms with Crippen molar-refractivity contribution >= 4 is 5.69 Å². The maximum Gasteiger partial charge on any atom is 0.418 e. The minimum absolute atomic E-state index is 0.245. The highest BCUT2D eigenvalue weighted by atomic mass is 19.4. The average Bonchev–Trinajstić information content (AvgIpc) is 2.15. The molecule has 96 valence electrons. The van der Waals surface area contributed by atoms with E-state index >= 15 is 0 Å². The summed E-state index contributed by atoms with van der Waals surface area (Å²) in [5, 5.41) is 0. The first-order chi connectivity index (χ1) is 7.68. The molecule has 0 amide bonds. The summed E-state index contributed by atoms with van der Waals surface area (Å²) in [6, 6.07) is 5.71. The lowest BCUT2D eigenvalue weighted by atomic mass is 10.0. The van der Waals surface area contributed by atoms with Gasteiger partial charge in [-0.15, -0.1) is 0 Å². The van der Waals surface area contributed by atoms with E-state index in [2.05, 4.69) is 0 Å². The van der Waals surface area contributed by atoms with Crippen molar-refractivity contribution in [3.63, 3.8) is 0 Å². The number of rotatable bonds is 2. The summed E-state index contributed by atoms with van der Waals surface area (Å²) in [5.41, 5.74) is -0.664. The number of hydrogen-bond donors (Lipinski definition) is 0. The van der Waals surface area contributed by atoms with Gasteiger partial charge in [0.1, 0.15) is 0 Å². The van der Waals surface area contributed by atoms with Crippen LogP contribution in [0.4, 0.5) is 18.9 Å². The van der Waals surface area contributed by atoms with Crippen molar-refractivity contribution in [3.05, 3.63) is 29.8 Å². The molecule has 1 nitrogen and oxygen atoms in total. The van der Waals surface area contributed by atoms with Gasteiger partial charge in [-0.1, -0.05) is 12.1 Å². The fourth-order valence-electron chi connectivity index (χ4n) is 1.95. The average molecular weight is 245 g/mol. The van der Waals surface area contributed by atoms with Crippen LogP contribution in [0.25, 0.3) is 0 Å². The second-order valence-corrected chi connectivity index (χ2v) is 4.93. The molecule has 1 aromatic rings. The summed E-state index contributed by atoms with van der Waals surface area (Å²) in [6.45, 7) is 8.12. The standard InChI is InChI=1S/C13H18F3N/c1-5-17(12(2,3)4)11-9-7-6-8-10(11)13(14,15)16/h6-9H,5H2,1-4H3. The lowest BCUT2D eigenvalue weighted by Gasteiger charge is -2.38. The van der Waals surface area contributed by atoms with Crippen LogP contribution in [-0.2, 0) is 6.18 Å². The number of benzene rings is 1. The van der Waals surface area contributed by atoms with Gasteiger partial charge in [-0.25, -0.2) is 0 Å². The summed E-state index contributed by atoms with van der Waals surface area (Å²) in [4.78, 5) is 1.76. The summed E-state index contributed by atoms with van der Waals surface area (Å²) < 4.78 is 38.7. The Bertz CT molecular complexity index is 377. The summed E-state index contributed by atoms with van der Waals surface area (Å²) in [6.07, 6.45) is -4.31. The predicted molar refractivity (Wildman–Crippen MR) is 64.2 cm³/mol. The van der Waals surface area contributed by atoms with Gasteiger partial charge in [-0.05, 0) is 39.8 Å². The van der Waals surface area contributed by atoms with Crippen molar-refractivity contribution in [2.75, 3.05) is 11.4 Å². The number of para-hydroxylation sites is 1. The number of halogens is 3. The lowest BCUT2D eigenvalue weighted by molar-refractivity contribution is -0.137. The van der Waals surface area contributed by atoms with E-state index in [9.17, 15) is 13.2 Å². The lowest BCUT2D eigenvalue weighted by Crippen LogP contribution is -2.42. The third kappa shape index (κ3) is 3.14. The quantitative estimate of drug-likeness (QED) is 0.749. The highest BCUT2D eigenvalue weighted by molar-refractivity contribution is 5.56. The zero-order chi connectivity index (χ0) is 13.3. The van der Waals surface area contributed by atoms with Crippen LogP contribution < -0.4 is 4.90 Å². The molecule has 0 radical (unpaired) electrons. The molecule has 0 saturated heterocycles. The molecule has 0 spiro atoms. The van der Waals surface area contributed by atoms with Crippen LogP contribution >= 0.6 is 0 Å². The molecule has 0 bridgehead atoms. The molecule has 1 aromatic carbocycles. The highest BCUT2D eigenvalue weighted by Gasteiger charge is 2.36. The minimum Gasteiger partial charge on any atom is -0.366 e. The maximum absolute atomic E-state index is 12.9. The highest BCUT2D eigenvalue weighted by Crippen LogP contribution is 2.38. The Morgan fingerprint density at radius 3 is 2.00 bits per heavy atom. The molecule has 0 fully saturated rings. The smallest absolute Gasteiger partial charge is 0.366 e. The topological polar surface area (TPSA) is 3.24 Å². The molecule has 0 aliphatic heterocycles. The number of anilines is 1. The third-order valence-electron chi connectivity index (χ3n) is 2.63. The molecule has 0 saturated carbocycles. The van der Waals surface area contributed by atoms with Crippen LogP contribution in [0.1, 0.15) is 33.3 Å². The first kappa shape index (κ1) is 13.9. The molecule has 0 heterocycles. The second kappa shape index (κ2) is 4.59. The van der Waals surface area contributed by atoms with Gasteiger partial charge in [0.2, 0.25) is 0 Å². The Labute approximate surface area is 100 Å². The van der Waals surface area contributed by atoms with Crippen molar-refractivity contribution in [3.8, 4) is 0 Å². The fraction of sp³-hybridized carbons (Fsp3) is 0.538. The van der Waals surface area contributed by atoms with Gasteiger partial charge in [0.15, 0.2) is 0 Å². The predicted octanol–water partition coefficient (Wildman–Crippen LogP) is 4.33. The first-order valence-electron chi connectivity index (χ1n) is 5.61. The van der Waals surface area contributed by atoms with E-state index in [-0.39, 0.29) is 11.2 Å². The Balaban J connectivity index is 3.30. The van der Waals surface area contributed by atoms with Crippen molar-refractivity contribution in [2.45, 2.75) is 39.4 Å². The summed E-state index contributed by atoms with van der Waals surface area (Å²) >= 11 is 0. The zero-order valence-corrected chi connectivity index (χ0v) is 10.6. The van der Waals surface area contributed by atoms with Crippen LogP contribution in [0.5, 0.6) is 0 Å². The van der Waals surface area contributed by atoms with E-state index in [1.165, 1.54) is 12.1 Å². The molecule has 0 N–H and O–H groups in total. The molecule has 0 unspecified atom stereocenters. The van der Waals surface area contributed by atoms with Gasteiger partial charge in [-0.3, -0.25) is 0 Å². The molecule has 0 aromatic heterocycles. The van der Waals surface area contributed by atoms with Gasteiger partial charge >= 0.3 is 6.18 Å². The van der Waals surface area contributed by atoms with Crippen molar-refractivity contribution in [1.82, 2.24) is 0 Å². The van der Waals surface area contributed by atoms with Crippen molar-refractivity contribution in [2.24, 2.45) is 0 Å². The Hall–Kier alpha value is -1.19. The first-order valence-corrected chi connectivity index (χ1v) is 5.61. The van der Waals surface area contributed by atoms with Gasteiger partial charge in [0.25, 0.3) is 0 Å². The van der Waals surface area contributed by atoms with Crippen molar-refractivity contribution in [1.29, 1.82) is 0 Å². The normalized spacial score (nSPS) is 12.6. The van der Waals surface area contributed by atoms with Crippen LogP contribution in [-0.4, -0.2) is 12.1 Å². The Kier molecular flexibility index (Phi) is 3.74. The molecule has 4 heteroatoms. The van der Waals surface area contributed by atoms with Gasteiger partial charge in [0.05, 0.1) is 5.56 Å². The fourth-order valence-corrected chi connectivity index (χ4v) is 1.95. The van der Waals surface area contributed by atoms with Crippen LogP contribution in [0.15, 0.2) is 24.3 Å². The van der Waals surface area contributed by atoms with Gasteiger partial charge in [-0.2, -0.15) is 13.2 Å². The summed E-state index contributed by atoms with van der Waals surface area (Å²) in [5.74, 6) is 0. The number of alkyl halides is 3. The molecular weight excluding hydrogens is 227 g/mol. The maximum atomic E-state index is 12.9. The molecule has 0 aliphatic carbocycles. The van der Waals surface area contributed by atoms with E-state index in [1.807, 2.05) is 27.7 Å². The Morgan fingerprint density at radius 1 is 1.06 bits per heavy atom. The van der Waals surface area contributed by atoms with Crippen molar-refractivity contribution < 1.29 is 13.2 Å². The molecular formula is C13H18F3N. The number of hydrogen-bond acceptors (Lipinski definition) is 1. The van der Waals surface area contributed by atoms with E-state index in [0.717, 1.165) is 6.07 Å². The molecule has 1 rings (SSSR count). The van der Waals surface area contributed by atoms with Gasteiger partial charge in [0, 0.05) is 17.8 Å². The zero-order valence-electron chi connectivity index (χ0n) is 10.6. The monoisotopic (exact) mass is 245 g/mol. The van der Waals surface area contributed by atoms with E-state index in [0.29, 0.717) is 6.54 Å². The second-order valence-electron chi connectivity index (χ2n) is 4.93. The molecule has 17 heavy (non-hydrogen) atoms. The van der Waals surface area contributed by atoms with Crippen LogP contribution in [0.2, 0.25) is 0 Å². The molecule has 0 aliphatic rings. The van der Waals surface area contributed by atoms with E-state index in [4.69, 9.17) is 0 Å².